The van der Waals surface area contributed by atoms with E-state index in [0.717, 1.165) is 48.1 Å². The molecule has 4 heterocycles. The van der Waals surface area contributed by atoms with Gasteiger partial charge in [-0.3, -0.25) is 0 Å². The number of hydrogen-bond acceptors (Lipinski definition) is 0. The molecule has 5 rings (SSSR count). The molecule has 33 heavy (non-hydrogen) atoms. The van der Waals surface area contributed by atoms with Gasteiger partial charge in [0.2, 0.25) is 0 Å². The SMILES string of the molecule is C[Si](C)(C)B1C2CCCC(CCC2)C1C/C=C/B1C2CCCC(CCC2)C1c1ccccc1. The first-order valence-corrected chi connectivity index (χ1v) is 18.3. The Morgan fingerprint density at radius 1 is 0.758 bits per heavy atom. The Morgan fingerprint density at radius 3 is 1.94 bits per heavy atom. The summed E-state index contributed by atoms with van der Waals surface area (Å²) in [6.45, 7) is 8.84. The van der Waals surface area contributed by atoms with Crippen LogP contribution in [0.1, 0.15) is 94.9 Å². The topological polar surface area (TPSA) is 0 Å². The van der Waals surface area contributed by atoms with Crippen LogP contribution in [0.15, 0.2) is 42.4 Å². The van der Waals surface area contributed by atoms with E-state index in [9.17, 15) is 0 Å². The number of hydrogen-bond donors (Lipinski definition) is 0. The first kappa shape index (κ1) is 24.0. The summed E-state index contributed by atoms with van der Waals surface area (Å²) in [6.07, 6.45) is 23.1. The van der Waals surface area contributed by atoms with Crippen LogP contribution in [0, 0.1) is 11.8 Å². The van der Waals surface area contributed by atoms with E-state index in [-0.39, 0.29) is 0 Å². The highest BCUT2D eigenvalue weighted by Crippen LogP contribution is 2.51. The zero-order valence-electron chi connectivity index (χ0n) is 21.9. The van der Waals surface area contributed by atoms with E-state index in [1.807, 2.05) is 0 Å². The summed E-state index contributed by atoms with van der Waals surface area (Å²) in [5, 5.41) is 0. The van der Waals surface area contributed by atoms with E-state index in [1.165, 1.54) is 83.5 Å². The van der Waals surface area contributed by atoms with Crippen molar-refractivity contribution in [3.8, 4) is 0 Å². The minimum absolute atomic E-state index is 0.763. The minimum Gasteiger partial charge on any atom is -0.118 e. The Hall–Kier alpha value is -0.693. The highest BCUT2D eigenvalue weighted by Gasteiger charge is 2.47. The van der Waals surface area contributed by atoms with Gasteiger partial charge in [-0.05, 0) is 24.1 Å². The predicted molar refractivity (Wildman–Crippen MR) is 151 cm³/mol. The molecule has 0 aromatic heterocycles. The Morgan fingerprint density at radius 2 is 1.33 bits per heavy atom. The van der Waals surface area contributed by atoms with E-state index < -0.39 is 7.94 Å². The molecule has 4 fully saturated rings. The normalized spacial score (nSPS) is 35.4. The summed E-state index contributed by atoms with van der Waals surface area (Å²) in [7, 11) is -1.16. The average Bonchev–Trinajstić information content (AvgIpc) is 3.18. The van der Waals surface area contributed by atoms with E-state index in [1.54, 1.807) is 5.56 Å². The summed E-state index contributed by atoms with van der Waals surface area (Å²) >= 11 is 0. The molecule has 3 heteroatoms. The molecule has 4 bridgehead atoms. The third-order valence-corrected chi connectivity index (χ3v) is 13.5. The lowest BCUT2D eigenvalue weighted by molar-refractivity contribution is 0.385. The molecule has 1 aromatic rings. The molecule has 2 unspecified atom stereocenters. The lowest BCUT2D eigenvalue weighted by atomic mass is 9.31. The fourth-order valence-electron chi connectivity index (χ4n) is 9.46. The Balaban J connectivity index is 1.41. The number of rotatable bonds is 5. The summed E-state index contributed by atoms with van der Waals surface area (Å²) in [6, 6.07) is 11.7. The molecule has 0 spiro atoms. The van der Waals surface area contributed by atoms with Gasteiger partial charge < -0.3 is 0 Å². The molecular formula is C30H48B2Si. The quantitative estimate of drug-likeness (QED) is 0.386. The van der Waals surface area contributed by atoms with E-state index >= 15 is 0 Å². The molecule has 2 atom stereocenters. The zero-order chi connectivity index (χ0) is 22.8. The van der Waals surface area contributed by atoms with Gasteiger partial charge in [0.25, 0.3) is 0 Å². The van der Waals surface area contributed by atoms with Gasteiger partial charge in [0.05, 0.1) is 0 Å². The molecule has 178 valence electrons. The molecule has 0 saturated carbocycles. The second-order valence-corrected chi connectivity index (χ2v) is 18.9. The molecule has 0 radical (unpaired) electrons. The van der Waals surface area contributed by atoms with Gasteiger partial charge in [-0.15, -0.1) is 5.98 Å². The molecule has 1 aromatic carbocycles. The average molecular weight is 458 g/mol. The maximum atomic E-state index is 2.79. The Kier molecular flexibility index (Phi) is 7.65. The molecule has 0 amide bonds. The van der Waals surface area contributed by atoms with E-state index in [4.69, 9.17) is 0 Å². The number of fused-ring (bicyclic) bond motifs is 6. The molecule has 0 N–H and O–H groups in total. The summed E-state index contributed by atoms with van der Waals surface area (Å²) < 4.78 is 0. The van der Waals surface area contributed by atoms with Crippen LogP contribution in [0.3, 0.4) is 0 Å². The van der Waals surface area contributed by atoms with Crippen molar-refractivity contribution in [1.82, 2.24) is 0 Å². The molecule has 0 aliphatic carbocycles. The van der Waals surface area contributed by atoms with Crippen LogP contribution in [0.2, 0.25) is 37.1 Å². The molecule has 4 saturated heterocycles. The van der Waals surface area contributed by atoms with Crippen LogP contribution in [-0.2, 0) is 0 Å². The van der Waals surface area contributed by atoms with Crippen molar-refractivity contribution in [3.05, 3.63) is 47.9 Å². The van der Waals surface area contributed by atoms with Gasteiger partial charge >= 0.3 is 0 Å². The molecule has 4 aliphatic rings. The van der Waals surface area contributed by atoms with Gasteiger partial charge in [-0.1, -0.05) is 156 Å². The number of allylic oxidation sites excluding steroid dienone is 1. The van der Waals surface area contributed by atoms with Crippen LogP contribution in [0.25, 0.3) is 0 Å². The van der Waals surface area contributed by atoms with Crippen molar-refractivity contribution in [3.63, 3.8) is 0 Å². The standard InChI is InChI=1S/C30H48B2Si/c1-33(2,3)32-28-20-7-14-24(15-8-21-28)29(32)22-11-23-31-27-18-9-16-26(17-10-19-27)30(31)25-12-5-4-6-13-25/h4-6,11-13,23-24,26-30H,7-10,14-22H2,1-3H3/b23-11+. The first-order chi connectivity index (χ1) is 16.0. The van der Waals surface area contributed by atoms with Crippen LogP contribution in [-0.4, -0.2) is 21.0 Å². The fourth-order valence-corrected chi connectivity index (χ4v) is 12.9. The van der Waals surface area contributed by atoms with Crippen LogP contribution in [0.5, 0.6) is 0 Å². The van der Waals surface area contributed by atoms with Crippen molar-refractivity contribution in [2.24, 2.45) is 11.8 Å². The molecule has 0 nitrogen and oxygen atoms in total. The largest absolute Gasteiger partial charge is 0.177 e. The monoisotopic (exact) mass is 458 g/mol. The summed E-state index contributed by atoms with van der Waals surface area (Å²) in [5.41, 5.74) is 1.64. The van der Waals surface area contributed by atoms with Crippen LogP contribution in [0.4, 0.5) is 0 Å². The van der Waals surface area contributed by atoms with Crippen molar-refractivity contribution in [2.75, 3.05) is 0 Å². The van der Waals surface area contributed by atoms with Gasteiger partial charge in [-0.2, -0.15) is 0 Å². The van der Waals surface area contributed by atoms with Crippen LogP contribution < -0.4 is 0 Å². The van der Waals surface area contributed by atoms with Crippen molar-refractivity contribution < 1.29 is 0 Å². The first-order valence-electron chi connectivity index (χ1n) is 14.7. The maximum absolute atomic E-state index is 2.79. The highest BCUT2D eigenvalue weighted by atomic mass is 28.3. The molecular weight excluding hydrogens is 410 g/mol. The molecule has 4 aliphatic heterocycles. The fraction of sp³-hybridized carbons (Fsp3) is 0.733. The lowest BCUT2D eigenvalue weighted by Gasteiger charge is -2.38. The Labute approximate surface area is 206 Å². The van der Waals surface area contributed by atoms with E-state index in [2.05, 4.69) is 62.0 Å². The second-order valence-electron chi connectivity index (χ2n) is 13.5. The van der Waals surface area contributed by atoms with Crippen molar-refractivity contribution >= 4 is 21.0 Å². The second kappa shape index (κ2) is 10.5. The van der Waals surface area contributed by atoms with Crippen LogP contribution >= 0.6 is 0 Å². The van der Waals surface area contributed by atoms with Gasteiger partial charge in [-0.25, -0.2) is 0 Å². The third-order valence-electron chi connectivity index (χ3n) is 10.6. The minimum atomic E-state index is -1.16. The van der Waals surface area contributed by atoms with Crippen molar-refractivity contribution in [1.29, 1.82) is 0 Å². The summed E-state index contributed by atoms with van der Waals surface area (Å²) in [5.74, 6) is 8.40. The summed E-state index contributed by atoms with van der Waals surface area (Å²) in [4.78, 5) is 0. The smallest absolute Gasteiger partial charge is 0.118 e. The lowest BCUT2D eigenvalue weighted by Crippen LogP contribution is -2.49. The zero-order valence-corrected chi connectivity index (χ0v) is 22.9. The van der Waals surface area contributed by atoms with E-state index in [0.29, 0.717) is 0 Å². The number of benzene rings is 1. The predicted octanol–water partition coefficient (Wildman–Crippen LogP) is 9.28. The maximum Gasteiger partial charge on any atom is 0.177 e. The van der Waals surface area contributed by atoms with Crippen molar-refractivity contribution in [2.45, 2.75) is 126 Å². The van der Waals surface area contributed by atoms with Gasteiger partial charge in [0, 0.05) is 7.94 Å². The van der Waals surface area contributed by atoms with Gasteiger partial charge in [0.15, 0.2) is 6.71 Å². The highest BCUT2D eigenvalue weighted by molar-refractivity contribution is 7.32. The Bertz CT molecular complexity index is 764. The third kappa shape index (κ3) is 5.29. The van der Waals surface area contributed by atoms with Gasteiger partial charge in [0.1, 0.15) is 6.31 Å².